The minimum atomic E-state index is -0.166. The highest BCUT2D eigenvalue weighted by Gasteiger charge is 2.26. The highest BCUT2D eigenvalue weighted by Crippen LogP contribution is 2.17. The fourth-order valence-electron chi connectivity index (χ4n) is 3.09. The van der Waals surface area contributed by atoms with E-state index in [1.807, 2.05) is 38.1 Å². The number of ether oxygens (including phenoxy) is 1. The van der Waals surface area contributed by atoms with E-state index in [1.54, 1.807) is 17.9 Å². The van der Waals surface area contributed by atoms with Crippen LogP contribution >= 0.6 is 0 Å². The van der Waals surface area contributed by atoms with Gasteiger partial charge in [0.25, 0.3) is 5.91 Å². The van der Waals surface area contributed by atoms with Crippen molar-refractivity contribution in [2.75, 3.05) is 7.11 Å². The van der Waals surface area contributed by atoms with Crippen molar-refractivity contribution in [3.63, 3.8) is 0 Å². The lowest BCUT2D eigenvalue weighted by Gasteiger charge is -2.12. The number of amides is 2. The summed E-state index contributed by atoms with van der Waals surface area (Å²) in [5.74, 6) is 0.538. The molecule has 138 valence electrons. The molecule has 7 nitrogen and oxygen atoms in total. The summed E-state index contributed by atoms with van der Waals surface area (Å²) < 4.78 is 6.98. The summed E-state index contributed by atoms with van der Waals surface area (Å²) in [6, 6.07) is 9.35. The molecular weight excluding hydrogens is 332 g/mol. The van der Waals surface area contributed by atoms with Crippen molar-refractivity contribution in [2.45, 2.75) is 45.3 Å². The van der Waals surface area contributed by atoms with Crippen LogP contribution in [-0.4, -0.2) is 40.8 Å². The van der Waals surface area contributed by atoms with Crippen LogP contribution in [-0.2, 0) is 24.2 Å². The molecule has 1 unspecified atom stereocenters. The van der Waals surface area contributed by atoms with Crippen LogP contribution in [0.15, 0.2) is 30.3 Å². The quantitative estimate of drug-likeness (QED) is 0.817. The topological polar surface area (TPSA) is 85.2 Å². The molecule has 0 radical (unpaired) electrons. The molecule has 0 spiro atoms. The fraction of sp³-hybridized carbons (Fsp3) is 0.421. The Morgan fingerprint density at radius 3 is 2.85 bits per heavy atom. The Balaban J connectivity index is 1.54. The Hall–Kier alpha value is -2.83. The number of aromatic nitrogens is 2. The molecule has 2 amide bonds. The molecule has 1 aliphatic rings. The number of hydrogen-bond acceptors (Lipinski definition) is 4. The molecule has 3 rings (SSSR count). The van der Waals surface area contributed by atoms with Crippen molar-refractivity contribution in [1.29, 1.82) is 0 Å². The normalized spacial score (nSPS) is 15.6. The van der Waals surface area contributed by atoms with Crippen LogP contribution in [0.2, 0.25) is 0 Å². The second kappa shape index (κ2) is 7.59. The molecule has 0 bridgehead atoms. The van der Waals surface area contributed by atoms with Crippen molar-refractivity contribution in [2.24, 2.45) is 0 Å². The average molecular weight is 356 g/mol. The van der Waals surface area contributed by atoms with E-state index in [0.717, 1.165) is 17.0 Å². The third-order valence-corrected chi connectivity index (χ3v) is 4.23. The van der Waals surface area contributed by atoms with Gasteiger partial charge < -0.3 is 15.4 Å². The minimum absolute atomic E-state index is 0.00202. The monoisotopic (exact) mass is 356 g/mol. The summed E-state index contributed by atoms with van der Waals surface area (Å²) >= 11 is 0. The molecule has 0 saturated heterocycles. The number of rotatable bonds is 6. The molecule has 2 heterocycles. The highest BCUT2D eigenvalue weighted by molar-refractivity contribution is 5.92. The maximum absolute atomic E-state index is 12.3. The summed E-state index contributed by atoms with van der Waals surface area (Å²) in [7, 11) is 1.61. The minimum Gasteiger partial charge on any atom is -0.497 e. The van der Waals surface area contributed by atoms with Gasteiger partial charge in [0.05, 0.1) is 26.1 Å². The molecule has 2 N–H and O–H groups in total. The fourth-order valence-corrected chi connectivity index (χ4v) is 3.09. The van der Waals surface area contributed by atoms with Gasteiger partial charge in [0.2, 0.25) is 5.91 Å². The molecule has 0 aliphatic carbocycles. The molecular formula is C19H24N4O3. The molecule has 2 aromatic rings. The molecule has 26 heavy (non-hydrogen) atoms. The predicted octanol–water partition coefficient (Wildman–Crippen LogP) is 1.31. The molecule has 7 heteroatoms. The number of carbonyl (C=O) groups is 2. The van der Waals surface area contributed by atoms with Gasteiger partial charge in [-0.25, -0.2) is 0 Å². The van der Waals surface area contributed by atoms with Crippen LogP contribution in [0.25, 0.3) is 0 Å². The Labute approximate surface area is 152 Å². The summed E-state index contributed by atoms with van der Waals surface area (Å²) in [6.07, 6.45) is 0.976. The Morgan fingerprint density at radius 2 is 2.15 bits per heavy atom. The van der Waals surface area contributed by atoms with E-state index in [2.05, 4.69) is 15.7 Å². The third kappa shape index (κ3) is 4.22. The molecule has 1 aliphatic heterocycles. The largest absolute Gasteiger partial charge is 0.497 e. The van der Waals surface area contributed by atoms with Crippen LogP contribution in [0.3, 0.4) is 0 Å². The van der Waals surface area contributed by atoms with Gasteiger partial charge in [-0.15, -0.1) is 0 Å². The first-order valence-electron chi connectivity index (χ1n) is 8.74. The first-order chi connectivity index (χ1) is 12.4. The maximum Gasteiger partial charge on any atom is 0.271 e. The Kier molecular flexibility index (Phi) is 5.25. The van der Waals surface area contributed by atoms with Crippen molar-refractivity contribution in [3.05, 3.63) is 47.3 Å². The van der Waals surface area contributed by atoms with E-state index in [-0.39, 0.29) is 23.9 Å². The van der Waals surface area contributed by atoms with E-state index >= 15 is 0 Å². The smallest absolute Gasteiger partial charge is 0.271 e. The lowest BCUT2D eigenvalue weighted by atomic mass is 10.1. The molecule has 1 aromatic carbocycles. The van der Waals surface area contributed by atoms with Crippen molar-refractivity contribution in [1.82, 2.24) is 20.4 Å². The summed E-state index contributed by atoms with van der Waals surface area (Å²) in [6.45, 7) is 4.40. The lowest BCUT2D eigenvalue weighted by molar-refractivity contribution is -0.121. The van der Waals surface area contributed by atoms with Gasteiger partial charge in [0.1, 0.15) is 11.4 Å². The average Bonchev–Trinajstić information content (AvgIpc) is 3.12. The highest BCUT2D eigenvalue weighted by atomic mass is 16.5. The van der Waals surface area contributed by atoms with Gasteiger partial charge in [-0.05, 0) is 37.6 Å². The van der Waals surface area contributed by atoms with Gasteiger partial charge in [-0.2, -0.15) is 5.10 Å². The number of fused-ring (bicyclic) bond motifs is 1. The number of nitrogens with one attached hydrogen (secondary N) is 2. The van der Waals surface area contributed by atoms with Gasteiger partial charge >= 0.3 is 0 Å². The Morgan fingerprint density at radius 1 is 1.35 bits per heavy atom. The number of carbonyl (C=O) groups excluding carboxylic acids is 2. The maximum atomic E-state index is 12.3. The van der Waals surface area contributed by atoms with E-state index in [0.29, 0.717) is 25.1 Å². The van der Waals surface area contributed by atoms with E-state index in [4.69, 9.17) is 4.74 Å². The Bertz CT molecular complexity index is 789. The molecule has 0 saturated carbocycles. The first-order valence-corrected chi connectivity index (χ1v) is 8.74. The second-order valence-corrected chi connectivity index (χ2v) is 6.83. The van der Waals surface area contributed by atoms with Crippen LogP contribution in [0.4, 0.5) is 0 Å². The summed E-state index contributed by atoms with van der Waals surface area (Å²) in [5, 5.41) is 10.2. The van der Waals surface area contributed by atoms with Gasteiger partial charge in [0.15, 0.2) is 0 Å². The third-order valence-electron chi connectivity index (χ3n) is 4.23. The van der Waals surface area contributed by atoms with Gasteiger partial charge in [-0.3, -0.25) is 14.3 Å². The zero-order chi connectivity index (χ0) is 18.7. The van der Waals surface area contributed by atoms with E-state index in [1.165, 1.54) is 0 Å². The molecule has 1 aromatic heterocycles. The van der Waals surface area contributed by atoms with Crippen molar-refractivity contribution in [3.8, 4) is 5.75 Å². The standard InChI is InChI=1S/C19H24N4O3/c1-12(2)20-19(25)17-10-15-9-14(11-23(15)22-17)21-18(24)8-13-5-4-6-16(7-13)26-3/h4-7,10,12,14H,8-9,11H2,1-3H3,(H,20,25)(H,21,24). The first kappa shape index (κ1) is 18.0. The van der Waals surface area contributed by atoms with Crippen LogP contribution < -0.4 is 15.4 Å². The van der Waals surface area contributed by atoms with Crippen molar-refractivity contribution >= 4 is 11.8 Å². The number of methoxy groups -OCH3 is 1. The lowest BCUT2D eigenvalue weighted by Crippen LogP contribution is -2.37. The van der Waals surface area contributed by atoms with Crippen molar-refractivity contribution < 1.29 is 14.3 Å². The SMILES string of the molecule is COc1cccc(CC(=O)NC2Cc3cc(C(=O)NC(C)C)nn3C2)c1. The summed E-state index contributed by atoms with van der Waals surface area (Å²) in [5.41, 5.74) is 2.30. The number of nitrogens with zero attached hydrogens (tertiary/aromatic N) is 2. The van der Waals surface area contributed by atoms with E-state index in [9.17, 15) is 9.59 Å². The van der Waals surface area contributed by atoms with Crippen LogP contribution in [0.1, 0.15) is 35.6 Å². The number of benzene rings is 1. The second-order valence-electron chi connectivity index (χ2n) is 6.83. The van der Waals surface area contributed by atoms with Gasteiger partial charge in [0, 0.05) is 18.2 Å². The summed E-state index contributed by atoms with van der Waals surface area (Å²) in [4.78, 5) is 24.3. The number of hydrogen-bond donors (Lipinski definition) is 2. The zero-order valence-corrected chi connectivity index (χ0v) is 15.3. The van der Waals surface area contributed by atoms with Gasteiger partial charge in [-0.1, -0.05) is 12.1 Å². The zero-order valence-electron chi connectivity index (χ0n) is 15.3. The van der Waals surface area contributed by atoms with Crippen LogP contribution in [0.5, 0.6) is 5.75 Å². The predicted molar refractivity (Wildman–Crippen MR) is 97.2 cm³/mol. The van der Waals surface area contributed by atoms with Crippen LogP contribution in [0, 0.1) is 0 Å². The van der Waals surface area contributed by atoms with E-state index < -0.39 is 0 Å². The molecule has 1 atom stereocenters. The molecule has 0 fully saturated rings.